The fourth-order valence-electron chi connectivity index (χ4n) is 2.99. The van der Waals surface area contributed by atoms with Crippen LogP contribution in [0.2, 0.25) is 0 Å². The lowest BCUT2D eigenvalue weighted by atomic mass is 10.1. The Morgan fingerprint density at radius 1 is 1.12 bits per heavy atom. The van der Waals surface area contributed by atoms with Crippen LogP contribution in [-0.2, 0) is 13.2 Å². The van der Waals surface area contributed by atoms with E-state index in [-0.39, 0.29) is 18.7 Å². The highest BCUT2D eigenvalue weighted by Gasteiger charge is 2.26. The molecule has 6 heteroatoms. The lowest BCUT2D eigenvalue weighted by Gasteiger charge is -2.11. The first-order valence-electron chi connectivity index (χ1n) is 8.39. The second-order valence-electron chi connectivity index (χ2n) is 6.08. The number of benzene rings is 2. The summed E-state index contributed by atoms with van der Waals surface area (Å²) in [5.41, 5.74) is 2.35. The van der Waals surface area contributed by atoms with Crippen LogP contribution in [-0.4, -0.2) is 27.4 Å². The SMILES string of the molecule is O=c1cc(CO)n2c(n1)OC(COc1ccc(-c3ccccc3)cc1)C2. The van der Waals surface area contributed by atoms with Crippen molar-refractivity contribution in [3.63, 3.8) is 0 Å². The predicted octanol–water partition coefficient (Wildman–Crippen LogP) is 2.24. The van der Waals surface area contributed by atoms with Crippen LogP contribution in [0.15, 0.2) is 65.5 Å². The highest BCUT2D eigenvalue weighted by atomic mass is 16.6. The third kappa shape index (κ3) is 3.32. The van der Waals surface area contributed by atoms with Crippen molar-refractivity contribution in [2.75, 3.05) is 6.61 Å². The average molecular weight is 350 g/mol. The van der Waals surface area contributed by atoms with Gasteiger partial charge in [-0.15, -0.1) is 0 Å². The van der Waals surface area contributed by atoms with E-state index in [1.807, 2.05) is 42.5 Å². The molecule has 0 saturated heterocycles. The minimum atomic E-state index is -0.418. The summed E-state index contributed by atoms with van der Waals surface area (Å²) in [6, 6.07) is 19.5. The molecule has 132 valence electrons. The number of ether oxygens (including phenoxy) is 2. The van der Waals surface area contributed by atoms with E-state index in [2.05, 4.69) is 17.1 Å². The largest absolute Gasteiger partial charge is 0.490 e. The molecule has 0 fully saturated rings. The van der Waals surface area contributed by atoms with Crippen LogP contribution in [0.25, 0.3) is 11.1 Å². The Kier molecular flexibility index (Phi) is 4.41. The standard InChI is InChI=1S/C20H18N2O4/c23-12-16-10-19(24)21-20-22(16)11-18(26-20)13-25-17-8-6-15(7-9-17)14-4-2-1-3-5-14/h1-10,18,23H,11-13H2. The highest BCUT2D eigenvalue weighted by molar-refractivity contribution is 5.63. The first-order chi connectivity index (χ1) is 12.7. The molecule has 0 aliphatic carbocycles. The van der Waals surface area contributed by atoms with Crippen molar-refractivity contribution in [1.82, 2.24) is 9.55 Å². The summed E-state index contributed by atoms with van der Waals surface area (Å²) in [7, 11) is 0. The zero-order valence-electron chi connectivity index (χ0n) is 14.0. The minimum Gasteiger partial charge on any atom is -0.490 e. The highest BCUT2D eigenvalue weighted by Crippen LogP contribution is 2.24. The third-order valence-corrected chi connectivity index (χ3v) is 4.29. The van der Waals surface area contributed by atoms with Crippen LogP contribution in [0.5, 0.6) is 11.8 Å². The quantitative estimate of drug-likeness (QED) is 0.764. The second kappa shape index (κ2) is 7.01. The van der Waals surface area contributed by atoms with Crippen LogP contribution in [0.1, 0.15) is 5.69 Å². The van der Waals surface area contributed by atoms with Gasteiger partial charge >= 0.3 is 6.01 Å². The van der Waals surface area contributed by atoms with E-state index in [1.54, 1.807) is 4.57 Å². The topological polar surface area (TPSA) is 73.6 Å². The first kappa shape index (κ1) is 16.4. The summed E-state index contributed by atoms with van der Waals surface area (Å²) < 4.78 is 13.2. The molecule has 1 unspecified atom stereocenters. The molecule has 1 atom stereocenters. The van der Waals surface area contributed by atoms with Crippen LogP contribution >= 0.6 is 0 Å². The van der Waals surface area contributed by atoms with Gasteiger partial charge in [0.1, 0.15) is 12.4 Å². The Labute approximate surface area is 150 Å². The Balaban J connectivity index is 1.40. The molecule has 1 aliphatic rings. The van der Waals surface area contributed by atoms with Gasteiger partial charge in [0.05, 0.1) is 18.8 Å². The number of hydrogen-bond acceptors (Lipinski definition) is 5. The summed E-state index contributed by atoms with van der Waals surface area (Å²) in [6.45, 7) is 0.580. The molecule has 0 spiro atoms. The van der Waals surface area contributed by atoms with E-state index in [1.165, 1.54) is 6.07 Å². The Bertz CT molecular complexity index is 952. The number of aliphatic hydroxyl groups excluding tert-OH is 1. The fourth-order valence-corrected chi connectivity index (χ4v) is 2.99. The lowest BCUT2D eigenvalue weighted by Crippen LogP contribution is -2.23. The van der Waals surface area contributed by atoms with E-state index in [0.29, 0.717) is 18.8 Å². The van der Waals surface area contributed by atoms with Crippen molar-refractivity contribution in [3.8, 4) is 22.9 Å². The number of nitrogens with zero attached hydrogens (tertiary/aromatic N) is 2. The second-order valence-corrected chi connectivity index (χ2v) is 6.08. The van der Waals surface area contributed by atoms with Crippen LogP contribution in [0, 0.1) is 0 Å². The van der Waals surface area contributed by atoms with E-state index >= 15 is 0 Å². The molecule has 2 aromatic carbocycles. The van der Waals surface area contributed by atoms with E-state index in [9.17, 15) is 9.90 Å². The molecule has 4 rings (SSSR count). The summed E-state index contributed by atoms with van der Waals surface area (Å²) in [5, 5.41) is 9.37. The van der Waals surface area contributed by atoms with Gasteiger partial charge in [0.25, 0.3) is 5.56 Å². The first-order valence-corrected chi connectivity index (χ1v) is 8.39. The maximum absolute atomic E-state index is 11.5. The summed E-state index contributed by atoms with van der Waals surface area (Å²) in [6.07, 6.45) is -0.261. The van der Waals surface area contributed by atoms with Crippen LogP contribution < -0.4 is 15.0 Å². The Morgan fingerprint density at radius 2 is 1.85 bits per heavy atom. The van der Waals surface area contributed by atoms with Gasteiger partial charge in [0.2, 0.25) is 0 Å². The van der Waals surface area contributed by atoms with E-state index < -0.39 is 5.56 Å². The smallest absolute Gasteiger partial charge is 0.300 e. The zero-order valence-corrected chi connectivity index (χ0v) is 14.0. The van der Waals surface area contributed by atoms with Gasteiger partial charge in [-0.25, -0.2) is 0 Å². The number of aliphatic hydroxyl groups is 1. The number of rotatable bonds is 5. The molecular weight excluding hydrogens is 332 g/mol. The monoisotopic (exact) mass is 350 g/mol. The third-order valence-electron chi connectivity index (χ3n) is 4.29. The van der Waals surface area contributed by atoms with E-state index in [4.69, 9.17) is 9.47 Å². The van der Waals surface area contributed by atoms with Gasteiger partial charge in [0.15, 0.2) is 6.10 Å². The predicted molar refractivity (Wildman–Crippen MR) is 96.2 cm³/mol. The number of hydrogen-bond donors (Lipinski definition) is 1. The maximum atomic E-state index is 11.5. The van der Waals surface area contributed by atoms with Crippen molar-refractivity contribution in [2.24, 2.45) is 0 Å². The molecule has 0 amide bonds. The van der Waals surface area contributed by atoms with Crippen molar-refractivity contribution >= 4 is 0 Å². The fraction of sp³-hybridized carbons (Fsp3) is 0.200. The van der Waals surface area contributed by atoms with Gasteiger partial charge in [0, 0.05) is 6.07 Å². The zero-order chi connectivity index (χ0) is 17.9. The van der Waals surface area contributed by atoms with Gasteiger partial charge in [-0.1, -0.05) is 42.5 Å². The molecule has 2 heterocycles. The molecule has 0 saturated carbocycles. The molecule has 0 radical (unpaired) electrons. The Morgan fingerprint density at radius 3 is 2.58 bits per heavy atom. The van der Waals surface area contributed by atoms with Crippen LogP contribution in [0.3, 0.4) is 0 Å². The van der Waals surface area contributed by atoms with Crippen molar-refractivity contribution in [3.05, 3.63) is 76.7 Å². The van der Waals surface area contributed by atoms with Crippen molar-refractivity contribution in [1.29, 1.82) is 0 Å². The normalized spacial score (nSPS) is 15.3. The maximum Gasteiger partial charge on any atom is 0.300 e. The van der Waals surface area contributed by atoms with Crippen molar-refractivity contribution < 1.29 is 14.6 Å². The number of aromatic nitrogens is 2. The summed E-state index contributed by atoms with van der Waals surface area (Å²) in [5.74, 6) is 0.745. The van der Waals surface area contributed by atoms with Gasteiger partial charge < -0.3 is 14.6 Å². The lowest BCUT2D eigenvalue weighted by molar-refractivity contribution is 0.143. The average Bonchev–Trinajstić information content (AvgIpc) is 3.09. The van der Waals surface area contributed by atoms with Crippen LogP contribution in [0.4, 0.5) is 0 Å². The van der Waals surface area contributed by atoms with Gasteiger partial charge in [-0.3, -0.25) is 9.36 Å². The molecule has 6 nitrogen and oxygen atoms in total. The molecule has 1 aliphatic heterocycles. The number of fused-ring (bicyclic) bond motifs is 1. The molecule has 3 aromatic rings. The summed E-state index contributed by atoms with van der Waals surface area (Å²) in [4.78, 5) is 15.3. The molecule has 1 aromatic heterocycles. The van der Waals surface area contributed by atoms with Gasteiger partial charge in [-0.2, -0.15) is 4.98 Å². The molecular formula is C20H18N2O4. The van der Waals surface area contributed by atoms with Gasteiger partial charge in [-0.05, 0) is 23.3 Å². The minimum absolute atomic E-state index is 0.231. The molecule has 26 heavy (non-hydrogen) atoms. The molecule has 1 N–H and O–H groups in total. The van der Waals surface area contributed by atoms with Crippen molar-refractivity contribution in [2.45, 2.75) is 19.3 Å². The van der Waals surface area contributed by atoms with E-state index in [0.717, 1.165) is 16.9 Å². The summed E-state index contributed by atoms with van der Waals surface area (Å²) >= 11 is 0. The molecule has 0 bridgehead atoms. The Hall–Kier alpha value is -3.12.